The van der Waals surface area contributed by atoms with Crippen molar-refractivity contribution in [2.24, 2.45) is 0 Å². The Labute approximate surface area is 318 Å². The first kappa shape index (κ1) is 31.8. The molecule has 0 atom stereocenters. The van der Waals surface area contributed by atoms with Gasteiger partial charge >= 0.3 is 320 Å². The third-order valence-corrected chi connectivity index (χ3v) is 15.4. The van der Waals surface area contributed by atoms with Crippen LogP contribution >= 0.6 is 0 Å². The van der Waals surface area contributed by atoms with Gasteiger partial charge < -0.3 is 0 Å². The number of hydrogen-bond donors (Lipinski definition) is 0. The molecule has 0 saturated heterocycles. The molecule has 2 fully saturated rings. The Morgan fingerprint density at radius 2 is 0.811 bits per heavy atom. The summed E-state index contributed by atoms with van der Waals surface area (Å²) in [5, 5.41) is 14.4. The van der Waals surface area contributed by atoms with Crippen LogP contribution in [0.15, 0.2) is 133 Å². The Balaban J connectivity index is 1.15. The molecule has 258 valence electrons. The van der Waals surface area contributed by atoms with Gasteiger partial charge in [0.25, 0.3) is 0 Å². The molecule has 1 aromatic heterocycles. The van der Waals surface area contributed by atoms with Crippen LogP contribution in [0.25, 0.3) is 84.6 Å². The fraction of sp³-hybridized carbons (Fsp3) is 0.231. The van der Waals surface area contributed by atoms with Crippen LogP contribution in [0, 0.1) is 0 Å². The normalized spacial score (nSPS) is 16.2. The van der Waals surface area contributed by atoms with Gasteiger partial charge in [-0.1, -0.05) is 0 Å². The van der Waals surface area contributed by atoms with E-state index in [-0.39, 0.29) is 14.5 Å². The monoisotopic (exact) mass is 748 g/mol. The molecule has 11 rings (SSSR count). The molecule has 2 saturated carbocycles. The molecular weight excluding hydrogens is 704 g/mol. The number of benzene rings is 8. The van der Waals surface area contributed by atoms with Crippen LogP contribution in [-0.4, -0.2) is 14.5 Å². The van der Waals surface area contributed by atoms with Gasteiger partial charge in [-0.15, -0.1) is 0 Å². The first-order valence-corrected chi connectivity index (χ1v) is 21.9. The van der Waals surface area contributed by atoms with E-state index in [1.165, 1.54) is 149 Å². The van der Waals surface area contributed by atoms with E-state index in [1.807, 2.05) is 0 Å². The summed E-state index contributed by atoms with van der Waals surface area (Å²) >= 11 is 0.234. The molecule has 0 nitrogen and oxygen atoms in total. The van der Waals surface area contributed by atoms with E-state index in [0.717, 1.165) is 0 Å². The molecule has 2 aliphatic carbocycles. The first-order chi connectivity index (χ1) is 26.3. The maximum absolute atomic E-state index is 2.57. The second-order valence-electron chi connectivity index (χ2n) is 15.9. The van der Waals surface area contributed by atoms with Gasteiger partial charge in [0.2, 0.25) is 0 Å². The zero-order chi connectivity index (χ0) is 34.9. The number of rotatable bonds is 4. The van der Waals surface area contributed by atoms with Crippen molar-refractivity contribution in [1.82, 2.24) is 0 Å². The van der Waals surface area contributed by atoms with Crippen LogP contribution in [0.5, 0.6) is 0 Å². The molecule has 2 aliphatic rings. The van der Waals surface area contributed by atoms with E-state index in [9.17, 15) is 0 Å². The number of fused-ring (bicyclic) bond motifs is 7. The van der Waals surface area contributed by atoms with Gasteiger partial charge in [-0.05, 0) is 0 Å². The second kappa shape index (κ2) is 13.0. The third kappa shape index (κ3) is 5.08. The van der Waals surface area contributed by atoms with Gasteiger partial charge in [0.05, 0.1) is 0 Å². The van der Waals surface area contributed by atoms with E-state index in [0.29, 0.717) is 11.8 Å². The molecule has 0 bridgehead atoms. The molecule has 1 heterocycles. The summed E-state index contributed by atoms with van der Waals surface area (Å²) in [6, 6.07) is 51.9. The van der Waals surface area contributed by atoms with Crippen molar-refractivity contribution in [2.45, 2.75) is 76.0 Å². The third-order valence-electron chi connectivity index (χ3n) is 13.0. The summed E-state index contributed by atoms with van der Waals surface area (Å²) in [6.07, 6.45) is 13.4. The van der Waals surface area contributed by atoms with Crippen molar-refractivity contribution in [2.75, 3.05) is 0 Å². The molecule has 8 aromatic carbocycles. The van der Waals surface area contributed by atoms with Gasteiger partial charge in [0.1, 0.15) is 0 Å². The van der Waals surface area contributed by atoms with Crippen molar-refractivity contribution in [3.8, 4) is 22.3 Å². The van der Waals surface area contributed by atoms with Gasteiger partial charge in [0.15, 0.2) is 0 Å². The fourth-order valence-electron chi connectivity index (χ4n) is 10.8. The fourth-order valence-corrected chi connectivity index (χ4v) is 13.2. The van der Waals surface area contributed by atoms with Crippen LogP contribution in [-0.2, 0) is 0 Å². The maximum atomic E-state index is 2.57. The van der Waals surface area contributed by atoms with Crippen molar-refractivity contribution < 1.29 is 0 Å². The van der Waals surface area contributed by atoms with Crippen LogP contribution < -0.4 is 0 Å². The SMILES string of the molecule is c1cc(-c2c3ccccc3c(C3CCCCC3)c3ccccc23)c2c(c1)[se]c1cc(-c3c4ccccc4c(C4CCCCC4)c4ccccc34)ccc12. The van der Waals surface area contributed by atoms with E-state index in [2.05, 4.69) is 133 Å². The molecule has 0 amide bonds. The van der Waals surface area contributed by atoms with E-state index in [4.69, 9.17) is 0 Å². The van der Waals surface area contributed by atoms with Crippen molar-refractivity contribution >= 4 is 76.9 Å². The average molecular weight is 748 g/mol. The van der Waals surface area contributed by atoms with E-state index < -0.39 is 0 Å². The molecular formula is C52H44Se. The van der Waals surface area contributed by atoms with Crippen LogP contribution in [0.2, 0.25) is 0 Å². The van der Waals surface area contributed by atoms with Gasteiger partial charge in [0, 0.05) is 0 Å². The van der Waals surface area contributed by atoms with Crippen LogP contribution in [0.4, 0.5) is 0 Å². The van der Waals surface area contributed by atoms with Gasteiger partial charge in [-0.25, -0.2) is 0 Å². The van der Waals surface area contributed by atoms with Crippen LogP contribution in [0.3, 0.4) is 0 Å². The zero-order valence-electron chi connectivity index (χ0n) is 30.3. The van der Waals surface area contributed by atoms with Crippen molar-refractivity contribution in [1.29, 1.82) is 0 Å². The molecule has 53 heavy (non-hydrogen) atoms. The molecule has 0 N–H and O–H groups in total. The molecule has 0 radical (unpaired) electrons. The zero-order valence-corrected chi connectivity index (χ0v) is 32.0. The minimum atomic E-state index is 0.234. The first-order valence-electron chi connectivity index (χ1n) is 20.2. The molecule has 1 heteroatoms. The van der Waals surface area contributed by atoms with E-state index in [1.54, 1.807) is 11.1 Å². The Bertz CT molecular complexity index is 2740. The predicted molar refractivity (Wildman–Crippen MR) is 231 cm³/mol. The number of hydrogen-bond acceptors (Lipinski definition) is 0. The quantitative estimate of drug-likeness (QED) is 0.124. The second-order valence-corrected chi connectivity index (χ2v) is 18.2. The summed E-state index contributed by atoms with van der Waals surface area (Å²) in [5.74, 6) is 1.29. The Morgan fingerprint density at radius 1 is 0.358 bits per heavy atom. The Morgan fingerprint density at radius 3 is 1.30 bits per heavy atom. The van der Waals surface area contributed by atoms with Gasteiger partial charge in [-0.2, -0.15) is 0 Å². The average Bonchev–Trinajstić information content (AvgIpc) is 3.61. The van der Waals surface area contributed by atoms with Crippen molar-refractivity contribution in [3.05, 3.63) is 145 Å². The molecule has 9 aromatic rings. The summed E-state index contributed by atoms with van der Waals surface area (Å²) in [5.41, 5.74) is 8.75. The van der Waals surface area contributed by atoms with E-state index >= 15 is 0 Å². The molecule has 0 unspecified atom stereocenters. The van der Waals surface area contributed by atoms with Crippen molar-refractivity contribution in [3.63, 3.8) is 0 Å². The van der Waals surface area contributed by atoms with Crippen LogP contribution in [0.1, 0.15) is 87.2 Å². The summed E-state index contributed by atoms with van der Waals surface area (Å²) in [7, 11) is 0. The summed E-state index contributed by atoms with van der Waals surface area (Å²) in [4.78, 5) is 0. The summed E-state index contributed by atoms with van der Waals surface area (Å²) < 4.78 is 3.02. The van der Waals surface area contributed by atoms with Gasteiger partial charge in [-0.3, -0.25) is 0 Å². The summed E-state index contributed by atoms with van der Waals surface area (Å²) in [6.45, 7) is 0. The Hall–Kier alpha value is -4.68. The molecule has 0 aliphatic heterocycles. The Kier molecular flexibility index (Phi) is 7.81. The predicted octanol–water partition coefficient (Wildman–Crippen LogP) is 15.1. The standard InChI is InChI=1S/C52H44Se/c1-3-16-33(17-4-1)48-36-20-7-9-22-38(36)50(39-23-10-8-21-37(39)48)35-30-31-44-47(32-35)53-46-29-15-28-45(52(44)46)51-42-26-13-11-24-40(42)49(34-18-5-2-6-19-34)41-25-12-14-27-43(41)51/h7-15,20-34H,1-6,16-19H2. The minimum absolute atomic E-state index is 0.234. The topological polar surface area (TPSA) is 0 Å². The molecule has 0 spiro atoms.